The molecule has 104 valence electrons. The van der Waals surface area contributed by atoms with Gasteiger partial charge in [0.15, 0.2) is 0 Å². The fourth-order valence-corrected chi connectivity index (χ4v) is 6.00. The van der Waals surface area contributed by atoms with Crippen LogP contribution in [0.5, 0.6) is 0 Å². The van der Waals surface area contributed by atoms with Crippen LogP contribution in [0.2, 0.25) is 0 Å². The fourth-order valence-electron chi connectivity index (χ4n) is 6.00. The molecule has 19 heavy (non-hydrogen) atoms. The van der Waals surface area contributed by atoms with E-state index in [2.05, 4.69) is 19.9 Å². The molecule has 0 aromatic heterocycles. The van der Waals surface area contributed by atoms with E-state index < -0.39 is 0 Å². The van der Waals surface area contributed by atoms with Crippen LogP contribution in [0.3, 0.4) is 0 Å². The summed E-state index contributed by atoms with van der Waals surface area (Å²) in [6.45, 7) is 5.16. The van der Waals surface area contributed by atoms with Gasteiger partial charge < -0.3 is 0 Å². The molecule has 4 aliphatic carbocycles. The third-order valence-electron chi connectivity index (χ3n) is 7.13. The van der Waals surface area contributed by atoms with E-state index in [1.54, 1.807) is 0 Å². The minimum atomic E-state index is 0.544. The van der Waals surface area contributed by atoms with Crippen LogP contribution in [-0.2, 0) is 0 Å². The molecule has 0 heteroatoms. The summed E-state index contributed by atoms with van der Waals surface area (Å²) in [7, 11) is 0. The van der Waals surface area contributed by atoms with Crippen molar-refractivity contribution in [2.75, 3.05) is 0 Å². The van der Waals surface area contributed by atoms with Crippen LogP contribution in [0.15, 0.2) is 22.8 Å². The van der Waals surface area contributed by atoms with Gasteiger partial charge in [-0.1, -0.05) is 36.6 Å². The van der Waals surface area contributed by atoms with E-state index in [1.807, 2.05) is 16.7 Å². The predicted octanol–water partition coefficient (Wildman–Crippen LogP) is 5.79. The van der Waals surface area contributed by atoms with Crippen molar-refractivity contribution in [3.05, 3.63) is 22.8 Å². The standard InChI is InChI=1S/C19H28/c1-18-11-5-7-16(18)15-9-8-14-6-3-4-12-19(14,2)17(15)10-13-18/h6,17H,3-5,7-13H2,1-2H3/t17-,18-,19-/m0/s1. The molecule has 0 nitrogen and oxygen atoms in total. The second-order valence-electron chi connectivity index (χ2n) is 8.05. The van der Waals surface area contributed by atoms with Crippen LogP contribution in [0.25, 0.3) is 0 Å². The smallest absolute Gasteiger partial charge is 0.00507 e. The highest BCUT2D eigenvalue weighted by Crippen LogP contribution is 2.62. The maximum atomic E-state index is 2.60. The van der Waals surface area contributed by atoms with Gasteiger partial charge in [-0.3, -0.25) is 0 Å². The van der Waals surface area contributed by atoms with Crippen molar-refractivity contribution in [1.82, 2.24) is 0 Å². The molecule has 0 radical (unpaired) electrons. The van der Waals surface area contributed by atoms with E-state index in [0.717, 1.165) is 5.92 Å². The molecule has 4 rings (SSSR count). The van der Waals surface area contributed by atoms with Crippen molar-refractivity contribution in [1.29, 1.82) is 0 Å². The lowest BCUT2D eigenvalue weighted by molar-refractivity contribution is 0.155. The molecule has 0 unspecified atom stereocenters. The van der Waals surface area contributed by atoms with Gasteiger partial charge in [-0.2, -0.15) is 0 Å². The molecular weight excluding hydrogens is 228 g/mol. The van der Waals surface area contributed by atoms with Gasteiger partial charge in [-0.05, 0) is 81.0 Å². The van der Waals surface area contributed by atoms with Gasteiger partial charge in [0, 0.05) is 0 Å². The third kappa shape index (κ3) is 1.58. The molecule has 0 spiro atoms. The summed E-state index contributed by atoms with van der Waals surface area (Å²) in [6.07, 6.45) is 16.9. The minimum absolute atomic E-state index is 0.544. The predicted molar refractivity (Wildman–Crippen MR) is 81.0 cm³/mol. The maximum Gasteiger partial charge on any atom is -0.00507 e. The van der Waals surface area contributed by atoms with Crippen molar-refractivity contribution < 1.29 is 0 Å². The summed E-state index contributed by atoms with van der Waals surface area (Å²) in [5.74, 6) is 0.911. The fraction of sp³-hybridized carbons (Fsp3) is 0.789. The molecule has 4 aliphatic rings. The van der Waals surface area contributed by atoms with Crippen molar-refractivity contribution in [2.45, 2.75) is 78.1 Å². The molecule has 0 heterocycles. The van der Waals surface area contributed by atoms with Gasteiger partial charge >= 0.3 is 0 Å². The van der Waals surface area contributed by atoms with Crippen LogP contribution in [0.1, 0.15) is 78.1 Å². The minimum Gasteiger partial charge on any atom is -0.0847 e. The molecule has 0 bridgehead atoms. The second-order valence-corrected chi connectivity index (χ2v) is 8.05. The molecule has 3 atom stereocenters. The largest absolute Gasteiger partial charge is 0.0847 e. The molecule has 0 saturated heterocycles. The SMILES string of the molecule is C[C@@]12CCCC1=C1CCC3=CCCC[C@]3(C)[C@H]1CC2. The van der Waals surface area contributed by atoms with Gasteiger partial charge in [0.05, 0.1) is 0 Å². The van der Waals surface area contributed by atoms with E-state index in [9.17, 15) is 0 Å². The van der Waals surface area contributed by atoms with Gasteiger partial charge in [-0.25, -0.2) is 0 Å². The zero-order chi connectivity index (χ0) is 13.1. The van der Waals surface area contributed by atoms with E-state index in [-0.39, 0.29) is 0 Å². The normalized spacial score (nSPS) is 45.4. The highest BCUT2D eigenvalue weighted by Gasteiger charge is 2.49. The summed E-state index contributed by atoms with van der Waals surface area (Å²) in [5, 5.41) is 0. The Morgan fingerprint density at radius 3 is 2.79 bits per heavy atom. The first-order chi connectivity index (χ1) is 9.13. The maximum absolute atomic E-state index is 2.60. The number of rotatable bonds is 0. The Balaban J connectivity index is 1.81. The summed E-state index contributed by atoms with van der Waals surface area (Å²) in [6, 6.07) is 0. The first-order valence-electron chi connectivity index (χ1n) is 8.55. The van der Waals surface area contributed by atoms with Gasteiger partial charge in [0.25, 0.3) is 0 Å². The highest BCUT2D eigenvalue weighted by atomic mass is 14.5. The van der Waals surface area contributed by atoms with Crippen LogP contribution < -0.4 is 0 Å². The Bertz CT molecular complexity index is 466. The summed E-state index contributed by atoms with van der Waals surface area (Å²) < 4.78 is 0. The van der Waals surface area contributed by atoms with Crippen LogP contribution in [0.4, 0.5) is 0 Å². The quantitative estimate of drug-likeness (QED) is 0.481. The average molecular weight is 256 g/mol. The van der Waals surface area contributed by atoms with Crippen molar-refractivity contribution >= 4 is 0 Å². The second kappa shape index (κ2) is 3.99. The molecule has 0 aromatic carbocycles. The van der Waals surface area contributed by atoms with Crippen molar-refractivity contribution in [2.24, 2.45) is 16.7 Å². The Morgan fingerprint density at radius 2 is 1.89 bits per heavy atom. The summed E-state index contributed by atoms with van der Waals surface area (Å²) in [4.78, 5) is 0. The number of hydrogen-bond acceptors (Lipinski definition) is 0. The summed E-state index contributed by atoms with van der Waals surface area (Å²) >= 11 is 0. The third-order valence-corrected chi connectivity index (χ3v) is 7.13. The van der Waals surface area contributed by atoms with Crippen LogP contribution >= 0.6 is 0 Å². The van der Waals surface area contributed by atoms with E-state index in [1.165, 1.54) is 64.2 Å². The molecular formula is C19H28. The Morgan fingerprint density at radius 1 is 1.00 bits per heavy atom. The number of fused-ring (bicyclic) bond motifs is 4. The zero-order valence-corrected chi connectivity index (χ0v) is 12.7. The first-order valence-corrected chi connectivity index (χ1v) is 8.55. The lowest BCUT2D eigenvalue weighted by Gasteiger charge is -2.52. The topological polar surface area (TPSA) is 0 Å². The molecule has 0 amide bonds. The molecule has 0 aliphatic heterocycles. The average Bonchev–Trinajstić information content (AvgIpc) is 2.79. The molecule has 2 fully saturated rings. The van der Waals surface area contributed by atoms with Crippen LogP contribution in [-0.4, -0.2) is 0 Å². The van der Waals surface area contributed by atoms with E-state index in [0.29, 0.717) is 10.8 Å². The zero-order valence-electron chi connectivity index (χ0n) is 12.7. The number of allylic oxidation sites excluding steroid dienone is 4. The van der Waals surface area contributed by atoms with Gasteiger partial charge in [0.2, 0.25) is 0 Å². The highest BCUT2D eigenvalue weighted by molar-refractivity contribution is 5.38. The van der Waals surface area contributed by atoms with Gasteiger partial charge in [-0.15, -0.1) is 0 Å². The van der Waals surface area contributed by atoms with E-state index in [4.69, 9.17) is 0 Å². The van der Waals surface area contributed by atoms with Crippen molar-refractivity contribution in [3.63, 3.8) is 0 Å². The number of hydrogen-bond donors (Lipinski definition) is 0. The van der Waals surface area contributed by atoms with Crippen LogP contribution in [0, 0.1) is 16.7 Å². The molecule has 0 N–H and O–H groups in total. The Labute approximate surface area is 118 Å². The molecule has 0 aromatic rings. The molecule has 2 saturated carbocycles. The first kappa shape index (κ1) is 12.2. The Hall–Kier alpha value is -0.520. The lowest BCUT2D eigenvalue weighted by Crippen LogP contribution is -2.40. The Kier molecular flexibility index (Phi) is 2.57. The monoisotopic (exact) mass is 256 g/mol. The van der Waals surface area contributed by atoms with Gasteiger partial charge in [0.1, 0.15) is 0 Å². The summed E-state index contributed by atoms with van der Waals surface area (Å²) in [5.41, 5.74) is 6.85. The lowest BCUT2D eigenvalue weighted by atomic mass is 9.53. The van der Waals surface area contributed by atoms with E-state index >= 15 is 0 Å². The van der Waals surface area contributed by atoms with Crippen molar-refractivity contribution in [3.8, 4) is 0 Å².